The van der Waals surface area contributed by atoms with Crippen LogP contribution in [0.5, 0.6) is 0 Å². The Hall–Kier alpha value is -1.78. The minimum atomic E-state index is -0.556. The summed E-state index contributed by atoms with van der Waals surface area (Å²) in [6, 6.07) is 14.0. The molecule has 1 nitrogen and oxygen atoms in total. The Bertz CT molecular complexity index is 508. The monoisotopic (exact) mass is 196 g/mol. The number of aliphatic hydroxyl groups excluding tert-OH is 1. The largest absolute Gasteiger partial charge is 0.387 e. The molecule has 1 unspecified atom stereocenters. The molecule has 74 valence electrons. The van der Waals surface area contributed by atoms with Crippen LogP contribution in [0, 0.1) is 12.3 Å². The quantitative estimate of drug-likeness (QED) is 0.732. The van der Waals surface area contributed by atoms with Gasteiger partial charge in [-0.2, -0.15) is 0 Å². The number of hydrogen-bond donors (Lipinski definition) is 1. The molecule has 2 aromatic rings. The second kappa shape index (κ2) is 4.16. The third kappa shape index (κ3) is 2.01. The van der Waals surface area contributed by atoms with Crippen LogP contribution in [-0.4, -0.2) is 5.11 Å². The van der Waals surface area contributed by atoms with E-state index in [9.17, 15) is 5.11 Å². The van der Waals surface area contributed by atoms with E-state index in [0.717, 1.165) is 10.9 Å². The average molecular weight is 196 g/mol. The van der Waals surface area contributed by atoms with Crippen LogP contribution in [0.2, 0.25) is 0 Å². The Morgan fingerprint density at radius 2 is 1.87 bits per heavy atom. The lowest BCUT2D eigenvalue weighted by Gasteiger charge is -2.08. The summed E-state index contributed by atoms with van der Waals surface area (Å²) >= 11 is 0. The van der Waals surface area contributed by atoms with Crippen molar-refractivity contribution in [3.8, 4) is 12.3 Å². The SMILES string of the molecule is C#CCC(O)c1ccc2ccccc2c1. The van der Waals surface area contributed by atoms with Crippen LogP contribution in [0.15, 0.2) is 42.5 Å². The molecule has 1 heteroatoms. The third-order valence-electron chi connectivity index (χ3n) is 2.47. The third-order valence-corrected chi connectivity index (χ3v) is 2.47. The topological polar surface area (TPSA) is 20.2 Å². The van der Waals surface area contributed by atoms with Gasteiger partial charge < -0.3 is 5.11 Å². The minimum absolute atomic E-state index is 0.359. The lowest BCUT2D eigenvalue weighted by molar-refractivity contribution is 0.184. The van der Waals surface area contributed by atoms with E-state index in [1.165, 1.54) is 5.39 Å². The molecule has 2 rings (SSSR count). The fourth-order valence-corrected chi connectivity index (χ4v) is 1.64. The van der Waals surface area contributed by atoms with E-state index in [0.29, 0.717) is 6.42 Å². The number of terminal acetylenes is 1. The van der Waals surface area contributed by atoms with E-state index >= 15 is 0 Å². The number of aliphatic hydroxyl groups is 1. The van der Waals surface area contributed by atoms with E-state index < -0.39 is 6.10 Å². The Balaban J connectivity index is 2.43. The van der Waals surface area contributed by atoms with Gasteiger partial charge in [-0.1, -0.05) is 36.4 Å². The highest BCUT2D eigenvalue weighted by molar-refractivity contribution is 5.83. The molecule has 0 amide bonds. The predicted octanol–water partition coefficient (Wildman–Crippen LogP) is 2.90. The molecule has 0 saturated heterocycles. The van der Waals surface area contributed by atoms with Crippen molar-refractivity contribution >= 4 is 10.8 Å². The fourth-order valence-electron chi connectivity index (χ4n) is 1.64. The van der Waals surface area contributed by atoms with E-state index in [2.05, 4.69) is 5.92 Å². The van der Waals surface area contributed by atoms with E-state index in [-0.39, 0.29) is 0 Å². The van der Waals surface area contributed by atoms with E-state index in [4.69, 9.17) is 6.42 Å². The van der Waals surface area contributed by atoms with Gasteiger partial charge in [0, 0.05) is 6.42 Å². The first-order chi connectivity index (χ1) is 7.31. The van der Waals surface area contributed by atoms with E-state index in [1.807, 2.05) is 42.5 Å². The van der Waals surface area contributed by atoms with Gasteiger partial charge in [-0.15, -0.1) is 12.3 Å². The summed E-state index contributed by atoms with van der Waals surface area (Å²) in [5.74, 6) is 2.46. The minimum Gasteiger partial charge on any atom is -0.387 e. The molecule has 0 aromatic heterocycles. The number of rotatable bonds is 2. The number of fused-ring (bicyclic) bond motifs is 1. The zero-order valence-corrected chi connectivity index (χ0v) is 8.35. The second-order valence-electron chi connectivity index (χ2n) is 3.53. The molecule has 0 heterocycles. The summed E-state index contributed by atoms with van der Waals surface area (Å²) in [7, 11) is 0. The molecule has 2 aromatic carbocycles. The van der Waals surface area contributed by atoms with Crippen LogP contribution in [0.3, 0.4) is 0 Å². The fraction of sp³-hybridized carbons (Fsp3) is 0.143. The van der Waals surface area contributed by atoms with Gasteiger partial charge >= 0.3 is 0 Å². The standard InChI is InChI=1S/C14H12O/c1-2-5-14(15)13-9-8-11-6-3-4-7-12(11)10-13/h1,3-4,6-10,14-15H,5H2. The van der Waals surface area contributed by atoms with Crippen LogP contribution in [-0.2, 0) is 0 Å². The van der Waals surface area contributed by atoms with Crippen molar-refractivity contribution in [2.75, 3.05) is 0 Å². The molecule has 0 aliphatic rings. The van der Waals surface area contributed by atoms with Crippen molar-refractivity contribution < 1.29 is 5.11 Å². The second-order valence-corrected chi connectivity index (χ2v) is 3.53. The lowest BCUT2D eigenvalue weighted by Crippen LogP contribution is -1.95. The van der Waals surface area contributed by atoms with E-state index in [1.54, 1.807) is 0 Å². The van der Waals surface area contributed by atoms with Crippen LogP contribution in [0.1, 0.15) is 18.1 Å². The first-order valence-electron chi connectivity index (χ1n) is 4.91. The maximum atomic E-state index is 9.74. The smallest absolute Gasteiger partial charge is 0.0899 e. The summed E-state index contributed by atoms with van der Waals surface area (Å²) < 4.78 is 0. The zero-order chi connectivity index (χ0) is 10.7. The molecular formula is C14H12O. The maximum absolute atomic E-state index is 9.74. The van der Waals surface area contributed by atoms with Crippen LogP contribution in [0.4, 0.5) is 0 Å². The molecule has 1 atom stereocenters. The van der Waals surface area contributed by atoms with Crippen molar-refractivity contribution in [2.24, 2.45) is 0 Å². The van der Waals surface area contributed by atoms with Crippen molar-refractivity contribution in [3.63, 3.8) is 0 Å². The summed E-state index contributed by atoms with van der Waals surface area (Å²) in [6.07, 6.45) is 4.97. The Labute approximate surface area is 89.4 Å². The van der Waals surface area contributed by atoms with Gasteiger partial charge in [-0.25, -0.2) is 0 Å². The summed E-state index contributed by atoms with van der Waals surface area (Å²) in [5.41, 5.74) is 0.881. The normalized spacial score (nSPS) is 12.3. The summed E-state index contributed by atoms with van der Waals surface area (Å²) in [6.45, 7) is 0. The Kier molecular flexibility index (Phi) is 2.71. The van der Waals surface area contributed by atoms with Crippen molar-refractivity contribution in [1.82, 2.24) is 0 Å². The van der Waals surface area contributed by atoms with Gasteiger partial charge in [-0.05, 0) is 22.4 Å². The average Bonchev–Trinajstić information content (AvgIpc) is 2.29. The molecule has 0 spiro atoms. The zero-order valence-electron chi connectivity index (χ0n) is 8.35. The summed E-state index contributed by atoms with van der Waals surface area (Å²) in [5, 5.41) is 12.0. The molecule has 0 bridgehead atoms. The molecule has 15 heavy (non-hydrogen) atoms. The summed E-state index contributed by atoms with van der Waals surface area (Å²) in [4.78, 5) is 0. The molecule has 0 fully saturated rings. The first-order valence-corrected chi connectivity index (χ1v) is 4.91. The highest BCUT2D eigenvalue weighted by Gasteiger charge is 2.05. The Morgan fingerprint density at radius 3 is 2.60 bits per heavy atom. The molecule has 0 aliphatic heterocycles. The highest BCUT2D eigenvalue weighted by atomic mass is 16.3. The highest BCUT2D eigenvalue weighted by Crippen LogP contribution is 2.21. The lowest BCUT2D eigenvalue weighted by atomic mass is 10.0. The number of benzene rings is 2. The van der Waals surface area contributed by atoms with Crippen molar-refractivity contribution in [1.29, 1.82) is 0 Å². The van der Waals surface area contributed by atoms with Gasteiger partial charge in [0.05, 0.1) is 6.10 Å². The number of hydrogen-bond acceptors (Lipinski definition) is 1. The van der Waals surface area contributed by atoms with Gasteiger partial charge in [-0.3, -0.25) is 0 Å². The first kappa shape index (κ1) is 9.76. The molecule has 0 radical (unpaired) electrons. The van der Waals surface area contributed by atoms with Gasteiger partial charge in [0.25, 0.3) is 0 Å². The predicted molar refractivity (Wildman–Crippen MR) is 62.4 cm³/mol. The van der Waals surface area contributed by atoms with Crippen LogP contribution >= 0.6 is 0 Å². The molecule has 0 saturated carbocycles. The molecular weight excluding hydrogens is 184 g/mol. The molecule has 1 N–H and O–H groups in total. The van der Waals surface area contributed by atoms with Gasteiger partial charge in [0.15, 0.2) is 0 Å². The molecule has 0 aliphatic carbocycles. The van der Waals surface area contributed by atoms with Crippen molar-refractivity contribution in [3.05, 3.63) is 48.0 Å². The van der Waals surface area contributed by atoms with Crippen LogP contribution in [0.25, 0.3) is 10.8 Å². The maximum Gasteiger partial charge on any atom is 0.0899 e. The van der Waals surface area contributed by atoms with Gasteiger partial charge in [0.1, 0.15) is 0 Å². The van der Waals surface area contributed by atoms with Crippen molar-refractivity contribution in [2.45, 2.75) is 12.5 Å². The van der Waals surface area contributed by atoms with Gasteiger partial charge in [0.2, 0.25) is 0 Å². The Morgan fingerprint density at radius 1 is 1.13 bits per heavy atom. The van der Waals surface area contributed by atoms with Crippen LogP contribution < -0.4 is 0 Å².